The zero-order valence-electron chi connectivity index (χ0n) is 11.5. The molecule has 0 aliphatic heterocycles. The summed E-state index contributed by atoms with van der Waals surface area (Å²) in [6, 6.07) is 7.23. The predicted molar refractivity (Wildman–Crippen MR) is 78.5 cm³/mol. The Hall–Kier alpha value is -1.75. The van der Waals surface area contributed by atoms with Crippen LogP contribution >= 0.6 is 11.3 Å². The summed E-state index contributed by atoms with van der Waals surface area (Å²) >= 11 is 1.37. The molecule has 1 aromatic heterocycles. The van der Waals surface area contributed by atoms with Crippen LogP contribution in [0.25, 0.3) is 0 Å². The smallest absolute Gasteiger partial charge is 0.261 e. The van der Waals surface area contributed by atoms with Gasteiger partial charge in [0.15, 0.2) is 0 Å². The van der Waals surface area contributed by atoms with Gasteiger partial charge in [-0.3, -0.25) is 4.79 Å². The molecule has 1 heterocycles. The maximum absolute atomic E-state index is 14.0. The monoisotopic (exact) mass is 307 g/mol. The van der Waals surface area contributed by atoms with Crippen molar-refractivity contribution in [2.75, 3.05) is 6.54 Å². The standard InChI is InChI=1S/C16H15F2NOS/c1-10-8-16(10,12-5-4-11(17)7-13(12)18)9-19-15(20)14-3-2-6-21-14/h2-7,10H,8-9H2,1H3,(H,19,20). The maximum atomic E-state index is 14.0. The highest BCUT2D eigenvalue weighted by molar-refractivity contribution is 7.12. The zero-order valence-corrected chi connectivity index (χ0v) is 12.3. The van der Waals surface area contributed by atoms with E-state index < -0.39 is 17.0 Å². The topological polar surface area (TPSA) is 29.1 Å². The van der Waals surface area contributed by atoms with Gasteiger partial charge in [-0.25, -0.2) is 8.78 Å². The number of rotatable bonds is 4. The van der Waals surface area contributed by atoms with Crippen LogP contribution in [0.3, 0.4) is 0 Å². The van der Waals surface area contributed by atoms with Gasteiger partial charge < -0.3 is 5.32 Å². The van der Waals surface area contributed by atoms with E-state index in [0.717, 1.165) is 12.5 Å². The number of hydrogen-bond acceptors (Lipinski definition) is 2. The van der Waals surface area contributed by atoms with Crippen LogP contribution in [0.5, 0.6) is 0 Å². The van der Waals surface area contributed by atoms with E-state index >= 15 is 0 Å². The molecule has 3 rings (SSSR count). The molecule has 1 saturated carbocycles. The quantitative estimate of drug-likeness (QED) is 0.916. The van der Waals surface area contributed by atoms with Gasteiger partial charge in [0, 0.05) is 18.0 Å². The lowest BCUT2D eigenvalue weighted by Crippen LogP contribution is -2.33. The molecule has 2 aromatic rings. The minimum absolute atomic E-state index is 0.147. The summed E-state index contributed by atoms with van der Waals surface area (Å²) in [7, 11) is 0. The fourth-order valence-corrected chi connectivity index (χ4v) is 3.47. The molecule has 1 aliphatic rings. The van der Waals surface area contributed by atoms with Gasteiger partial charge in [0.05, 0.1) is 4.88 Å². The Balaban J connectivity index is 1.77. The van der Waals surface area contributed by atoms with Crippen LogP contribution in [-0.4, -0.2) is 12.5 Å². The number of halogens is 2. The van der Waals surface area contributed by atoms with Crippen LogP contribution < -0.4 is 5.32 Å². The minimum atomic E-state index is -0.581. The lowest BCUT2D eigenvalue weighted by molar-refractivity contribution is 0.0953. The second-order valence-electron chi connectivity index (χ2n) is 5.55. The lowest BCUT2D eigenvalue weighted by Gasteiger charge is -2.18. The molecule has 1 aromatic carbocycles. The van der Waals surface area contributed by atoms with Gasteiger partial charge >= 0.3 is 0 Å². The van der Waals surface area contributed by atoms with E-state index in [-0.39, 0.29) is 11.8 Å². The van der Waals surface area contributed by atoms with Gasteiger partial charge in [0.1, 0.15) is 11.6 Å². The minimum Gasteiger partial charge on any atom is -0.350 e. The summed E-state index contributed by atoms with van der Waals surface area (Å²) in [6.45, 7) is 2.38. The van der Waals surface area contributed by atoms with Crippen molar-refractivity contribution in [2.45, 2.75) is 18.8 Å². The summed E-state index contributed by atoms with van der Waals surface area (Å²) < 4.78 is 27.1. The Morgan fingerprint density at radius 2 is 2.19 bits per heavy atom. The fraction of sp³-hybridized carbons (Fsp3) is 0.312. The third-order valence-electron chi connectivity index (χ3n) is 4.23. The van der Waals surface area contributed by atoms with Crippen LogP contribution in [0.1, 0.15) is 28.6 Å². The first kappa shape index (κ1) is 14.2. The Kier molecular flexibility index (Phi) is 3.53. The van der Waals surface area contributed by atoms with Gasteiger partial charge in [-0.05, 0) is 35.4 Å². The first-order chi connectivity index (χ1) is 10.0. The van der Waals surface area contributed by atoms with Crippen LogP contribution in [0.4, 0.5) is 8.78 Å². The summed E-state index contributed by atoms with van der Waals surface area (Å²) in [4.78, 5) is 12.6. The average molecular weight is 307 g/mol. The Labute approximate surface area is 125 Å². The molecule has 0 spiro atoms. The second kappa shape index (κ2) is 5.22. The van der Waals surface area contributed by atoms with E-state index in [1.54, 1.807) is 6.07 Å². The zero-order chi connectivity index (χ0) is 15.0. The Morgan fingerprint density at radius 3 is 2.76 bits per heavy atom. The van der Waals surface area contributed by atoms with Crippen molar-refractivity contribution in [3.05, 3.63) is 57.8 Å². The molecule has 21 heavy (non-hydrogen) atoms. The molecular weight excluding hydrogens is 292 g/mol. The SMILES string of the molecule is CC1CC1(CNC(=O)c1cccs1)c1ccc(F)cc1F. The summed E-state index contributed by atoms with van der Waals surface area (Å²) in [5.74, 6) is -1.00. The van der Waals surface area contributed by atoms with Crippen molar-refractivity contribution < 1.29 is 13.6 Å². The highest BCUT2D eigenvalue weighted by Gasteiger charge is 2.53. The largest absolute Gasteiger partial charge is 0.350 e. The van der Waals surface area contributed by atoms with Gasteiger partial charge in [-0.2, -0.15) is 0 Å². The Morgan fingerprint density at radius 1 is 1.43 bits per heavy atom. The first-order valence-electron chi connectivity index (χ1n) is 6.80. The average Bonchev–Trinajstić information content (AvgIpc) is 2.89. The molecule has 1 fully saturated rings. The molecule has 110 valence electrons. The maximum Gasteiger partial charge on any atom is 0.261 e. The second-order valence-corrected chi connectivity index (χ2v) is 6.49. The molecule has 0 saturated heterocycles. The predicted octanol–water partition coefficient (Wildman–Crippen LogP) is 3.73. The molecule has 1 amide bonds. The van der Waals surface area contributed by atoms with E-state index in [2.05, 4.69) is 5.32 Å². The molecule has 2 nitrogen and oxygen atoms in total. The summed E-state index contributed by atoms with van der Waals surface area (Å²) in [5, 5.41) is 4.71. The number of carbonyl (C=O) groups excluding carboxylic acids is 1. The van der Waals surface area contributed by atoms with Crippen molar-refractivity contribution in [3.63, 3.8) is 0 Å². The summed E-state index contributed by atoms with van der Waals surface area (Å²) in [6.07, 6.45) is 0.792. The molecule has 1 aliphatic carbocycles. The number of benzene rings is 1. The molecule has 0 radical (unpaired) electrons. The van der Waals surface area contributed by atoms with E-state index in [9.17, 15) is 13.6 Å². The highest BCUT2D eigenvalue weighted by atomic mass is 32.1. The molecule has 1 N–H and O–H groups in total. The number of thiophene rings is 1. The fourth-order valence-electron chi connectivity index (χ4n) is 2.83. The van der Waals surface area contributed by atoms with Crippen LogP contribution in [-0.2, 0) is 5.41 Å². The van der Waals surface area contributed by atoms with Gasteiger partial charge in [0.2, 0.25) is 0 Å². The summed E-state index contributed by atoms with van der Waals surface area (Å²) in [5.41, 5.74) is 0.0768. The first-order valence-corrected chi connectivity index (χ1v) is 7.68. The van der Waals surface area contributed by atoms with Crippen molar-refractivity contribution >= 4 is 17.2 Å². The van der Waals surface area contributed by atoms with Crippen molar-refractivity contribution in [1.82, 2.24) is 5.32 Å². The Bertz CT molecular complexity index is 671. The molecule has 0 bridgehead atoms. The number of hydrogen-bond donors (Lipinski definition) is 1. The highest BCUT2D eigenvalue weighted by Crippen LogP contribution is 2.54. The number of carbonyl (C=O) groups is 1. The van der Waals surface area contributed by atoms with Crippen LogP contribution in [0, 0.1) is 17.6 Å². The normalized spacial score (nSPS) is 23.9. The van der Waals surface area contributed by atoms with Crippen LogP contribution in [0.2, 0.25) is 0 Å². The van der Waals surface area contributed by atoms with Crippen molar-refractivity contribution in [3.8, 4) is 0 Å². The third kappa shape index (κ3) is 2.58. The number of nitrogens with one attached hydrogen (secondary N) is 1. The van der Waals surface area contributed by atoms with Gasteiger partial charge in [-0.1, -0.05) is 19.1 Å². The molecule has 5 heteroatoms. The van der Waals surface area contributed by atoms with E-state index in [4.69, 9.17) is 0 Å². The van der Waals surface area contributed by atoms with Crippen molar-refractivity contribution in [2.24, 2.45) is 5.92 Å². The van der Waals surface area contributed by atoms with Gasteiger partial charge in [-0.15, -0.1) is 11.3 Å². The van der Waals surface area contributed by atoms with E-state index in [1.165, 1.54) is 23.5 Å². The third-order valence-corrected chi connectivity index (χ3v) is 5.10. The molecule has 2 unspecified atom stereocenters. The van der Waals surface area contributed by atoms with E-state index in [0.29, 0.717) is 17.0 Å². The van der Waals surface area contributed by atoms with Crippen LogP contribution in [0.15, 0.2) is 35.7 Å². The van der Waals surface area contributed by atoms with Crippen molar-refractivity contribution in [1.29, 1.82) is 0 Å². The van der Waals surface area contributed by atoms with Gasteiger partial charge in [0.25, 0.3) is 5.91 Å². The number of amides is 1. The van der Waals surface area contributed by atoms with E-state index in [1.807, 2.05) is 18.4 Å². The molecular formula is C16H15F2NOS. The lowest BCUT2D eigenvalue weighted by atomic mass is 9.92. The molecule has 2 atom stereocenters.